The standard InChI is InChI=1S/C23H19ClN2O3S/c1-2-15-6-3-4-9-21(15)26-22(27)20(25-23(26)30)13-18-10-11-19(29-18)14-28-17-8-5-7-16(24)12-17/h3-13H,2,14H2,1H3,(H,25,30)/b20-13+. The zero-order valence-corrected chi connectivity index (χ0v) is 17.8. The number of thiocarbonyl (C=S) groups is 1. The maximum absolute atomic E-state index is 13.0. The molecule has 3 aromatic rings. The lowest BCUT2D eigenvalue weighted by Gasteiger charge is -2.17. The van der Waals surface area contributed by atoms with Gasteiger partial charge in [-0.3, -0.25) is 9.69 Å². The molecule has 1 aromatic heterocycles. The van der Waals surface area contributed by atoms with E-state index in [4.69, 9.17) is 33.0 Å². The second-order valence-corrected chi connectivity index (χ2v) is 7.48. The van der Waals surface area contributed by atoms with Gasteiger partial charge < -0.3 is 14.5 Å². The van der Waals surface area contributed by atoms with Gasteiger partial charge >= 0.3 is 0 Å². The molecule has 0 radical (unpaired) electrons. The predicted molar refractivity (Wildman–Crippen MR) is 122 cm³/mol. The third-order valence-corrected chi connectivity index (χ3v) is 5.16. The van der Waals surface area contributed by atoms with Crippen LogP contribution in [0.2, 0.25) is 5.02 Å². The number of carbonyl (C=O) groups is 1. The van der Waals surface area contributed by atoms with Crippen molar-refractivity contribution in [1.82, 2.24) is 5.32 Å². The third-order valence-electron chi connectivity index (χ3n) is 4.64. The first-order valence-corrected chi connectivity index (χ1v) is 10.3. The molecule has 2 heterocycles. The Balaban J connectivity index is 1.49. The van der Waals surface area contributed by atoms with Gasteiger partial charge in [-0.25, -0.2) is 0 Å². The van der Waals surface area contributed by atoms with Crippen molar-refractivity contribution in [2.24, 2.45) is 0 Å². The highest BCUT2D eigenvalue weighted by Gasteiger charge is 2.33. The Hall–Kier alpha value is -3.09. The predicted octanol–water partition coefficient (Wildman–Crippen LogP) is 5.34. The lowest BCUT2D eigenvalue weighted by Crippen LogP contribution is -2.31. The van der Waals surface area contributed by atoms with Gasteiger partial charge in [-0.15, -0.1) is 0 Å². The number of ether oxygens (including phenoxy) is 1. The molecule has 152 valence electrons. The Bertz CT molecular complexity index is 1140. The number of furan rings is 1. The number of hydrogen-bond acceptors (Lipinski definition) is 4. The van der Waals surface area contributed by atoms with Gasteiger partial charge in [0, 0.05) is 11.1 Å². The lowest BCUT2D eigenvalue weighted by atomic mass is 10.1. The third kappa shape index (κ3) is 4.25. The summed E-state index contributed by atoms with van der Waals surface area (Å²) in [4.78, 5) is 14.5. The van der Waals surface area contributed by atoms with Crippen molar-refractivity contribution in [3.8, 4) is 5.75 Å². The molecule has 2 aromatic carbocycles. The van der Waals surface area contributed by atoms with E-state index in [0.29, 0.717) is 33.1 Å². The molecular formula is C23H19ClN2O3S. The quantitative estimate of drug-likeness (QED) is 0.416. The van der Waals surface area contributed by atoms with E-state index in [1.54, 1.807) is 30.3 Å². The number of nitrogens with one attached hydrogen (secondary N) is 1. The van der Waals surface area contributed by atoms with Crippen molar-refractivity contribution in [2.45, 2.75) is 20.0 Å². The molecule has 0 spiro atoms. The van der Waals surface area contributed by atoms with Crippen LogP contribution in [0.4, 0.5) is 5.69 Å². The first-order valence-electron chi connectivity index (χ1n) is 9.47. The van der Waals surface area contributed by atoms with Gasteiger partial charge in [0.05, 0.1) is 5.69 Å². The van der Waals surface area contributed by atoms with Crippen molar-refractivity contribution in [3.05, 3.63) is 88.5 Å². The minimum atomic E-state index is -0.214. The summed E-state index contributed by atoms with van der Waals surface area (Å²) in [6, 6.07) is 18.5. The average molecular weight is 439 g/mol. The van der Waals surface area contributed by atoms with E-state index in [1.807, 2.05) is 43.3 Å². The molecule has 0 bridgehead atoms. The van der Waals surface area contributed by atoms with Gasteiger partial charge in [0.2, 0.25) is 0 Å². The molecule has 0 aliphatic carbocycles. The van der Waals surface area contributed by atoms with E-state index in [9.17, 15) is 4.79 Å². The molecule has 1 fully saturated rings. The molecule has 1 aliphatic rings. The highest BCUT2D eigenvalue weighted by molar-refractivity contribution is 7.80. The van der Waals surface area contributed by atoms with E-state index < -0.39 is 0 Å². The van der Waals surface area contributed by atoms with Gasteiger partial charge in [0.1, 0.15) is 29.6 Å². The van der Waals surface area contributed by atoms with Crippen LogP contribution < -0.4 is 15.0 Å². The summed E-state index contributed by atoms with van der Waals surface area (Å²) in [7, 11) is 0. The van der Waals surface area contributed by atoms with Crippen LogP contribution in [0.5, 0.6) is 5.75 Å². The summed E-state index contributed by atoms with van der Waals surface area (Å²) < 4.78 is 11.5. The van der Waals surface area contributed by atoms with Crippen molar-refractivity contribution in [1.29, 1.82) is 0 Å². The number of benzene rings is 2. The van der Waals surface area contributed by atoms with Crippen LogP contribution >= 0.6 is 23.8 Å². The lowest BCUT2D eigenvalue weighted by molar-refractivity contribution is -0.113. The topological polar surface area (TPSA) is 54.7 Å². The molecule has 30 heavy (non-hydrogen) atoms. The van der Waals surface area contributed by atoms with Gasteiger partial charge in [-0.1, -0.05) is 42.8 Å². The Labute approximate surface area is 184 Å². The van der Waals surface area contributed by atoms with E-state index in [0.717, 1.165) is 17.7 Å². The molecule has 1 saturated heterocycles. The fourth-order valence-electron chi connectivity index (χ4n) is 3.18. The second kappa shape index (κ2) is 8.73. The number of aryl methyl sites for hydroxylation is 1. The monoisotopic (exact) mass is 438 g/mol. The van der Waals surface area contributed by atoms with E-state index in [1.165, 1.54) is 4.90 Å². The molecule has 1 N–H and O–H groups in total. The fourth-order valence-corrected chi connectivity index (χ4v) is 3.66. The second-order valence-electron chi connectivity index (χ2n) is 6.66. The normalized spacial score (nSPS) is 15.0. The Morgan fingerprint density at radius 3 is 2.80 bits per heavy atom. The van der Waals surface area contributed by atoms with E-state index in [-0.39, 0.29) is 12.5 Å². The van der Waals surface area contributed by atoms with E-state index in [2.05, 4.69) is 5.32 Å². The zero-order chi connectivity index (χ0) is 21.1. The number of para-hydroxylation sites is 1. The molecule has 5 nitrogen and oxygen atoms in total. The maximum atomic E-state index is 13.0. The maximum Gasteiger partial charge on any atom is 0.281 e. The summed E-state index contributed by atoms with van der Waals surface area (Å²) >= 11 is 11.4. The Kier molecular flexibility index (Phi) is 5.88. The van der Waals surface area contributed by atoms with Crippen molar-refractivity contribution < 1.29 is 13.9 Å². The number of carbonyl (C=O) groups excluding carboxylic acids is 1. The average Bonchev–Trinajstić information content (AvgIpc) is 3.30. The molecule has 0 saturated carbocycles. The van der Waals surface area contributed by atoms with Gasteiger partial charge in [0.15, 0.2) is 5.11 Å². The zero-order valence-electron chi connectivity index (χ0n) is 16.2. The molecule has 7 heteroatoms. The van der Waals surface area contributed by atoms with Crippen molar-refractivity contribution in [3.63, 3.8) is 0 Å². The van der Waals surface area contributed by atoms with Crippen LogP contribution in [0.3, 0.4) is 0 Å². The van der Waals surface area contributed by atoms with Crippen LogP contribution in [0.25, 0.3) is 6.08 Å². The minimum absolute atomic E-state index is 0.214. The highest BCUT2D eigenvalue weighted by Crippen LogP contribution is 2.27. The molecule has 4 rings (SSSR count). The highest BCUT2D eigenvalue weighted by atomic mass is 35.5. The van der Waals surface area contributed by atoms with Crippen LogP contribution in [0.15, 0.2) is 70.8 Å². The molecule has 1 aliphatic heterocycles. The van der Waals surface area contributed by atoms with Crippen LogP contribution in [-0.2, 0) is 17.8 Å². The molecule has 1 amide bonds. The summed E-state index contributed by atoms with van der Waals surface area (Å²) in [5.41, 5.74) is 2.21. The first kappa shape index (κ1) is 20.2. The van der Waals surface area contributed by atoms with E-state index >= 15 is 0 Å². The Morgan fingerprint density at radius 2 is 2.00 bits per heavy atom. The fraction of sp³-hybridized carbons (Fsp3) is 0.130. The van der Waals surface area contributed by atoms with Crippen molar-refractivity contribution in [2.75, 3.05) is 4.90 Å². The molecule has 0 unspecified atom stereocenters. The Morgan fingerprint density at radius 1 is 1.17 bits per heavy atom. The molecular weight excluding hydrogens is 420 g/mol. The van der Waals surface area contributed by atoms with Crippen LogP contribution in [0, 0.1) is 0 Å². The van der Waals surface area contributed by atoms with Crippen LogP contribution in [0.1, 0.15) is 24.0 Å². The van der Waals surface area contributed by atoms with Crippen molar-refractivity contribution >= 4 is 46.6 Å². The van der Waals surface area contributed by atoms with Gasteiger partial charge in [-0.2, -0.15) is 0 Å². The van der Waals surface area contributed by atoms with Gasteiger partial charge in [0.25, 0.3) is 5.91 Å². The smallest absolute Gasteiger partial charge is 0.281 e. The number of anilines is 1. The summed E-state index contributed by atoms with van der Waals surface area (Å²) in [6.45, 7) is 2.29. The molecule has 0 atom stereocenters. The number of halogens is 1. The van der Waals surface area contributed by atoms with Crippen LogP contribution in [-0.4, -0.2) is 11.0 Å². The first-order chi connectivity index (χ1) is 14.5. The minimum Gasteiger partial charge on any atom is -0.486 e. The SMILES string of the molecule is CCc1ccccc1N1C(=O)/C(=C\c2ccc(COc3cccc(Cl)c3)o2)NC1=S. The summed E-state index contributed by atoms with van der Waals surface area (Å²) in [5, 5.41) is 3.94. The number of nitrogens with zero attached hydrogens (tertiary/aromatic N) is 1. The number of hydrogen-bond donors (Lipinski definition) is 1. The summed E-state index contributed by atoms with van der Waals surface area (Å²) in [5.74, 6) is 1.60. The largest absolute Gasteiger partial charge is 0.486 e. The van der Waals surface area contributed by atoms with Gasteiger partial charge in [-0.05, 0) is 60.6 Å². The summed E-state index contributed by atoms with van der Waals surface area (Å²) in [6.07, 6.45) is 2.45. The number of amides is 1. The number of rotatable bonds is 6.